The van der Waals surface area contributed by atoms with Crippen LogP contribution in [0.5, 0.6) is 0 Å². The topological polar surface area (TPSA) is 0 Å². The zero-order chi connectivity index (χ0) is 18.7. The molecule has 0 bridgehead atoms. The highest BCUT2D eigenvalue weighted by atomic mass is 15.3. The van der Waals surface area contributed by atoms with Crippen molar-refractivity contribution < 1.29 is 0 Å². The van der Waals surface area contributed by atoms with E-state index in [1.54, 1.807) is 6.42 Å². The minimum atomic E-state index is 0.519. The van der Waals surface area contributed by atoms with E-state index in [2.05, 4.69) is 62.3 Å². The smallest absolute Gasteiger partial charge is 0.00570 e. The van der Waals surface area contributed by atoms with E-state index in [1.807, 2.05) is 0 Å². The van der Waals surface area contributed by atoms with Gasteiger partial charge in [-0.25, -0.2) is 0 Å². The monoisotopic (exact) mass is 360 g/mol. The second-order valence-corrected chi connectivity index (χ2v) is 15.3. The first kappa shape index (κ1) is 14.1. The highest BCUT2D eigenvalue weighted by molar-refractivity contribution is 5.78. The fourth-order valence-electron chi connectivity index (χ4n) is 19.7. The minimum absolute atomic E-state index is 0.519. The summed E-state index contributed by atoms with van der Waals surface area (Å²) < 4.78 is 0. The van der Waals surface area contributed by atoms with Crippen molar-refractivity contribution in [3.05, 3.63) is 0 Å². The lowest BCUT2D eigenvalue weighted by atomic mass is 8.69. The Labute approximate surface area is 164 Å². The first-order valence-corrected chi connectivity index (χ1v) is 12.4. The second kappa shape index (κ2) is 2.42. The van der Waals surface area contributed by atoms with Crippen LogP contribution in [0.15, 0.2) is 0 Å². The molecule has 10 aliphatic rings. The lowest BCUT2D eigenvalue weighted by Gasteiger charge is -3.34. The number of fused-ring (bicyclic) bond motifs is 6. The molecule has 4 spiro atoms. The molecule has 27 heavy (non-hydrogen) atoms. The van der Waals surface area contributed by atoms with Gasteiger partial charge in [0, 0.05) is 0 Å². The molecule has 10 saturated carbocycles. The van der Waals surface area contributed by atoms with Crippen molar-refractivity contribution in [1.29, 1.82) is 0 Å². The van der Waals surface area contributed by atoms with Gasteiger partial charge >= 0.3 is 0 Å². The van der Waals surface area contributed by atoms with E-state index >= 15 is 0 Å². The summed E-state index contributed by atoms with van der Waals surface area (Å²) >= 11 is 0. The maximum absolute atomic E-state index is 2.87. The molecule has 2 unspecified atom stereocenters. The van der Waals surface area contributed by atoms with Gasteiger partial charge in [0.2, 0.25) is 0 Å². The van der Waals surface area contributed by atoms with E-state index in [9.17, 15) is 0 Å². The summed E-state index contributed by atoms with van der Waals surface area (Å²) in [5.41, 5.74) is 7.01. The number of hydrogen-bond donors (Lipinski definition) is 0. The lowest BCUT2D eigenvalue weighted by Crippen LogP contribution is -3.31. The molecule has 0 aromatic rings. The quantitative estimate of drug-likeness (QED) is 0.507. The summed E-state index contributed by atoms with van der Waals surface area (Å²) in [6.07, 6.45) is 1.64. The third kappa shape index (κ3) is 0.447. The molecule has 0 radical (unpaired) electrons. The average molecular weight is 361 g/mol. The summed E-state index contributed by atoms with van der Waals surface area (Å²) in [7, 11) is 0. The zero-order valence-corrected chi connectivity index (χ0v) is 18.7. The van der Waals surface area contributed by atoms with Crippen molar-refractivity contribution in [1.82, 2.24) is 0 Å². The van der Waals surface area contributed by atoms with Crippen LogP contribution in [0.25, 0.3) is 0 Å². The Balaban J connectivity index is 1.35. The predicted molar refractivity (Wildman–Crippen MR) is 104 cm³/mol. The van der Waals surface area contributed by atoms with Crippen LogP contribution in [0.1, 0.15) is 68.7 Å². The van der Waals surface area contributed by atoms with Gasteiger partial charge in [-0.15, -0.1) is 0 Å². The zero-order valence-electron chi connectivity index (χ0n) is 18.7. The van der Waals surface area contributed by atoms with Crippen LogP contribution in [0, 0.1) is 95.6 Å². The third-order valence-corrected chi connectivity index (χ3v) is 18.9. The van der Waals surface area contributed by atoms with Crippen molar-refractivity contribution in [2.45, 2.75) is 68.7 Å². The van der Waals surface area contributed by atoms with Gasteiger partial charge in [0.25, 0.3) is 0 Å². The molecule has 0 heteroatoms. The highest BCUT2D eigenvalue weighted by Gasteiger charge is 3.32. The Kier molecular flexibility index (Phi) is 1.26. The molecule has 0 amide bonds. The highest BCUT2D eigenvalue weighted by Crippen LogP contribution is 3.35. The molecule has 0 saturated heterocycles. The Morgan fingerprint density at radius 2 is 1.22 bits per heavy atom. The van der Waals surface area contributed by atoms with Gasteiger partial charge in [0.15, 0.2) is 0 Å². The standard InChI is InChI=1S/C27H36/c1-11-13-10-14-16-17-15-12(2)19(5)18(3,4)21(7)23(9)22(8)20(11,6)24(13,14)26(16,22)27(17,23)25(15,19)21/h11-17H,10H2,1-9H3/t11?,12-,13?,14+,15-,16+,17-,19-,20-,21+,22-,23+,24+,25+,26+,27-/m1/s1. The molecule has 144 valence electrons. The first-order valence-electron chi connectivity index (χ1n) is 12.4. The summed E-state index contributed by atoms with van der Waals surface area (Å²) in [5, 5.41) is 0. The molecule has 0 N–H and O–H groups in total. The second-order valence-electron chi connectivity index (χ2n) is 15.3. The van der Waals surface area contributed by atoms with E-state index in [1.165, 1.54) is 17.8 Å². The van der Waals surface area contributed by atoms with Crippen molar-refractivity contribution >= 4 is 0 Å². The first-order chi connectivity index (χ1) is 12.4. The number of hydrogen-bond acceptors (Lipinski definition) is 0. The Bertz CT molecular complexity index is 1040. The normalized spacial score (nSPS) is 97.4. The van der Waals surface area contributed by atoms with Crippen molar-refractivity contribution in [2.75, 3.05) is 0 Å². The van der Waals surface area contributed by atoms with Gasteiger partial charge in [-0.3, -0.25) is 0 Å². The fourth-order valence-corrected chi connectivity index (χ4v) is 19.7. The molecule has 0 nitrogen and oxygen atoms in total. The van der Waals surface area contributed by atoms with Gasteiger partial charge in [-0.2, -0.15) is 0 Å². The molecule has 16 atom stereocenters. The molecule has 0 aromatic heterocycles. The number of rotatable bonds is 0. The summed E-state index contributed by atoms with van der Waals surface area (Å²) in [6.45, 7) is 24.9. The summed E-state index contributed by atoms with van der Waals surface area (Å²) in [4.78, 5) is 0. The van der Waals surface area contributed by atoms with Crippen LogP contribution in [-0.4, -0.2) is 0 Å². The van der Waals surface area contributed by atoms with Crippen LogP contribution in [0.3, 0.4) is 0 Å². The summed E-state index contributed by atoms with van der Waals surface area (Å²) in [5.74, 6) is 7.77. The molecule has 10 aliphatic carbocycles. The van der Waals surface area contributed by atoms with Crippen LogP contribution in [0.4, 0.5) is 0 Å². The van der Waals surface area contributed by atoms with Crippen molar-refractivity contribution in [3.63, 3.8) is 0 Å². The maximum Gasteiger partial charge on any atom is -0.00570 e. The molecule has 0 heterocycles. The largest absolute Gasteiger partial charge is 0.0617 e. The van der Waals surface area contributed by atoms with Gasteiger partial charge in [-0.05, 0) is 102 Å². The molecule has 0 aliphatic heterocycles. The lowest BCUT2D eigenvalue weighted by molar-refractivity contribution is -0.884. The maximum atomic E-state index is 2.87. The van der Waals surface area contributed by atoms with Gasteiger partial charge in [0.05, 0.1) is 0 Å². The third-order valence-electron chi connectivity index (χ3n) is 18.9. The van der Waals surface area contributed by atoms with Gasteiger partial charge in [0.1, 0.15) is 0 Å². The van der Waals surface area contributed by atoms with Crippen molar-refractivity contribution in [2.24, 2.45) is 95.6 Å². The fraction of sp³-hybridized carbons (Fsp3) is 1.00. The van der Waals surface area contributed by atoms with Crippen LogP contribution in [0.2, 0.25) is 0 Å². The van der Waals surface area contributed by atoms with Crippen LogP contribution < -0.4 is 0 Å². The van der Waals surface area contributed by atoms with E-state index in [0.29, 0.717) is 32.5 Å². The minimum Gasteiger partial charge on any atom is -0.0617 e. The molecular weight excluding hydrogens is 324 g/mol. The van der Waals surface area contributed by atoms with Crippen LogP contribution >= 0.6 is 0 Å². The van der Waals surface area contributed by atoms with E-state index < -0.39 is 0 Å². The SMILES string of the molecule is CC1C2C[C@H]3[C@H]4[C@H]5[C@H]6[C@@H](C)[C@]7(C)C(C)(C)[C@@]8(C)[C@@]9(C)[C@@]%10(C)[C@]1(C)[C@]23[C@]4%10[C@]59[C@]687. The molecule has 10 fully saturated rings. The van der Waals surface area contributed by atoms with Gasteiger partial charge in [-0.1, -0.05) is 62.3 Å². The van der Waals surface area contributed by atoms with E-state index in [-0.39, 0.29) is 0 Å². The van der Waals surface area contributed by atoms with Gasteiger partial charge < -0.3 is 0 Å². The Morgan fingerprint density at radius 1 is 0.556 bits per heavy atom. The van der Waals surface area contributed by atoms with Crippen molar-refractivity contribution in [3.8, 4) is 0 Å². The Morgan fingerprint density at radius 3 is 1.89 bits per heavy atom. The van der Waals surface area contributed by atoms with Crippen LogP contribution in [-0.2, 0) is 0 Å². The molecular formula is C27H36. The van der Waals surface area contributed by atoms with E-state index in [4.69, 9.17) is 0 Å². The Hall–Kier alpha value is 0. The predicted octanol–water partition coefficient (Wildman–Crippen LogP) is 5.87. The summed E-state index contributed by atoms with van der Waals surface area (Å²) in [6, 6.07) is 0. The molecule has 10 rings (SSSR count). The average Bonchev–Trinajstić information content (AvgIpc) is 2.59. The van der Waals surface area contributed by atoms with E-state index in [0.717, 1.165) is 45.3 Å². The molecule has 0 aromatic carbocycles.